The van der Waals surface area contributed by atoms with E-state index in [4.69, 9.17) is 5.73 Å². The first-order valence-electron chi connectivity index (χ1n) is 5.37. The average molecular weight is 246 g/mol. The van der Waals surface area contributed by atoms with Crippen molar-refractivity contribution in [2.24, 2.45) is 0 Å². The number of rotatable bonds is 3. The number of benzene rings is 1. The lowest BCUT2D eigenvalue weighted by molar-refractivity contribution is 0.0941. The van der Waals surface area contributed by atoms with E-state index in [1.165, 1.54) is 0 Å². The van der Waals surface area contributed by atoms with Crippen molar-refractivity contribution in [2.45, 2.75) is 13.0 Å². The molecular weight excluding hydrogens is 232 g/mol. The van der Waals surface area contributed by atoms with Crippen molar-refractivity contribution < 1.29 is 4.79 Å². The normalized spacial score (nSPS) is 12.1. The van der Waals surface area contributed by atoms with Gasteiger partial charge in [-0.2, -0.15) is 0 Å². The number of hydrogen-bond donors (Lipinski definition) is 2. The lowest BCUT2D eigenvalue weighted by Crippen LogP contribution is -2.26. The fraction of sp³-hybridized carbons (Fsp3) is 0.154. The second-order valence-corrected chi connectivity index (χ2v) is 4.78. The van der Waals surface area contributed by atoms with Crippen molar-refractivity contribution in [1.29, 1.82) is 0 Å². The third-order valence-corrected chi connectivity index (χ3v) is 3.58. The highest BCUT2D eigenvalue weighted by Crippen LogP contribution is 2.19. The summed E-state index contributed by atoms with van der Waals surface area (Å²) < 4.78 is 0. The maximum atomic E-state index is 12.0. The van der Waals surface area contributed by atoms with Gasteiger partial charge in [0.05, 0.1) is 11.6 Å². The summed E-state index contributed by atoms with van der Waals surface area (Å²) in [7, 11) is 0. The van der Waals surface area contributed by atoms with E-state index in [1.807, 2.05) is 30.5 Å². The van der Waals surface area contributed by atoms with Gasteiger partial charge in [-0.15, -0.1) is 11.3 Å². The van der Waals surface area contributed by atoms with Gasteiger partial charge in [-0.1, -0.05) is 18.2 Å². The first-order valence-corrected chi connectivity index (χ1v) is 6.25. The molecule has 0 aliphatic carbocycles. The third kappa shape index (κ3) is 2.65. The molecule has 2 rings (SSSR count). The lowest BCUT2D eigenvalue weighted by atomic mass is 10.1. The smallest absolute Gasteiger partial charge is 0.253 e. The Kier molecular flexibility index (Phi) is 3.44. The minimum atomic E-state index is -0.135. The van der Waals surface area contributed by atoms with Crippen LogP contribution in [0.15, 0.2) is 41.8 Å². The van der Waals surface area contributed by atoms with Crippen LogP contribution in [0.2, 0.25) is 0 Å². The molecule has 1 aromatic heterocycles. The summed E-state index contributed by atoms with van der Waals surface area (Å²) >= 11 is 1.63. The lowest BCUT2D eigenvalue weighted by Gasteiger charge is -2.13. The standard InChI is InChI=1S/C13H14N2OS/c1-9(12-7-4-8-17-12)15-13(16)10-5-2-3-6-11(10)14/h2-9H,14H2,1H3,(H,15,16)/t9-/m0/s1. The zero-order chi connectivity index (χ0) is 12.3. The van der Waals surface area contributed by atoms with Crippen LogP contribution in [-0.4, -0.2) is 5.91 Å². The molecule has 0 unspecified atom stereocenters. The van der Waals surface area contributed by atoms with Crippen molar-refractivity contribution in [3.8, 4) is 0 Å². The van der Waals surface area contributed by atoms with Crippen LogP contribution in [0, 0.1) is 0 Å². The summed E-state index contributed by atoms with van der Waals surface area (Å²) in [4.78, 5) is 13.1. The monoisotopic (exact) mass is 246 g/mol. The van der Waals surface area contributed by atoms with Crippen LogP contribution in [0.1, 0.15) is 28.2 Å². The van der Waals surface area contributed by atoms with E-state index in [-0.39, 0.29) is 11.9 Å². The van der Waals surface area contributed by atoms with E-state index >= 15 is 0 Å². The molecule has 0 bridgehead atoms. The Balaban J connectivity index is 2.10. The van der Waals surface area contributed by atoms with Crippen molar-refractivity contribution in [2.75, 3.05) is 5.73 Å². The topological polar surface area (TPSA) is 55.1 Å². The molecule has 1 amide bonds. The Hall–Kier alpha value is -1.81. The number of nitrogens with two attached hydrogens (primary N) is 1. The van der Waals surface area contributed by atoms with Crippen LogP contribution in [-0.2, 0) is 0 Å². The molecule has 0 aliphatic rings. The molecule has 0 spiro atoms. The van der Waals surface area contributed by atoms with Crippen molar-refractivity contribution >= 4 is 22.9 Å². The Bertz CT molecular complexity index is 508. The molecule has 0 radical (unpaired) electrons. The zero-order valence-electron chi connectivity index (χ0n) is 9.51. The van der Waals surface area contributed by atoms with Crippen LogP contribution in [0.3, 0.4) is 0 Å². The number of carbonyl (C=O) groups excluding carboxylic acids is 1. The van der Waals surface area contributed by atoms with Gasteiger partial charge in [0.15, 0.2) is 0 Å². The number of hydrogen-bond acceptors (Lipinski definition) is 3. The van der Waals surface area contributed by atoms with E-state index in [2.05, 4.69) is 5.32 Å². The minimum absolute atomic E-state index is 0.00195. The molecule has 0 saturated carbocycles. The number of carbonyl (C=O) groups is 1. The number of nitrogen functional groups attached to an aromatic ring is 1. The van der Waals surface area contributed by atoms with Gasteiger partial charge in [-0.3, -0.25) is 4.79 Å². The summed E-state index contributed by atoms with van der Waals surface area (Å²) in [6.45, 7) is 1.96. The Labute approximate surface area is 104 Å². The second kappa shape index (κ2) is 5.01. The average Bonchev–Trinajstić information content (AvgIpc) is 2.82. The van der Waals surface area contributed by atoms with Crippen molar-refractivity contribution in [3.63, 3.8) is 0 Å². The van der Waals surface area contributed by atoms with Gasteiger partial charge in [0.25, 0.3) is 5.91 Å². The fourth-order valence-corrected chi connectivity index (χ4v) is 2.32. The molecule has 2 aromatic rings. The van der Waals surface area contributed by atoms with Crippen molar-refractivity contribution in [1.82, 2.24) is 5.32 Å². The highest BCUT2D eigenvalue weighted by molar-refractivity contribution is 7.10. The summed E-state index contributed by atoms with van der Waals surface area (Å²) in [5.41, 5.74) is 6.78. The van der Waals surface area contributed by atoms with Crippen molar-refractivity contribution in [3.05, 3.63) is 52.2 Å². The van der Waals surface area contributed by atoms with Gasteiger partial charge in [-0.25, -0.2) is 0 Å². The zero-order valence-corrected chi connectivity index (χ0v) is 10.3. The number of amides is 1. The summed E-state index contributed by atoms with van der Waals surface area (Å²) in [5.74, 6) is -0.135. The molecule has 3 nitrogen and oxygen atoms in total. The molecule has 1 heterocycles. The molecule has 3 N–H and O–H groups in total. The predicted octanol–water partition coefficient (Wildman–Crippen LogP) is 2.82. The highest BCUT2D eigenvalue weighted by Gasteiger charge is 2.13. The predicted molar refractivity (Wildman–Crippen MR) is 71.1 cm³/mol. The van der Waals surface area contributed by atoms with E-state index in [0.717, 1.165) is 4.88 Å². The maximum absolute atomic E-state index is 12.0. The Morgan fingerprint density at radius 2 is 2.06 bits per heavy atom. The van der Waals surface area contributed by atoms with Crippen LogP contribution >= 0.6 is 11.3 Å². The van der Waals surface area contributed by atoms with E-state index in [9.17, 15) is 4.79 Å². The molecule has 1 atom stereocenters. The molecule has 17 heavy (non-hydrogen) atoms. The van der Waals surface area contributed by atoms with Gasteiger partial charge in [0.2, 0.25) is 0 Å². The molecular formula is C13H14N2OS. The summed E-state index contributed by atoms with van der Waals surface area (Å²) in [6, 6.07) is 11.1. The summed E-state index contributed by atoms with van der Waals surface area (Å²) in [5, 5.41) is 4.93. The van der Waals surface area contributed by atoms with Crippen LogP contribution in [0.5, 0.6) is 0 Å². The molecule has 88 valence electrons. The minimum Gasteiger partial charge on any atom is -0.398 e. The van der Waals surface area contributed by atoms with Gasteiger partial charge < -0.3 is 11.1 Å². The quantitative estimate of drug-likeness (QED) is 0.818. The molecule has 0 aliphatic heterocycles. The van der Waals surface area contributed by atoms with Gasteiger partial charge in [0, 0.05) is 10.6 Å². The highest BCUT2D eigenvalue weighted by atomic mass is 32.1. The molecule has 0 fully saturated rings. The van der Waals surface area contributed by atoms with Gasteiger partial charge in [-0.05, 0) is 30.5 Å². The number of nitrogens with one attached hydrogen (secondary N) is 1. The van der Waals surface area contributed by atoms with E-state index in [1.54, 1.807) is 29.5 Å². The van der Waals surface area contributed by atoms with E-state index in [0.29, 0.717) is 11.3 Å². The van der Waals surface area contributed by atoms with Crippen LogP contribution < -0.4 is 11.1 Å². The number of thiophene rings is 1. The maximum Gasteiger partial charge on any atom is 0.253 e. The second-order valence-electron chi connectivity index (χ2n) is 3.80. The Morgan fingerprint density at radius 1 is 1.29 bits per heavy atom. The first-order chi connectivity index (χ1) is 8.18. The number of anilines is 1. The molecule has 0 saturated heterocycles. The van der Waals surface area contributed by atoms with Crippen LogP contribution in [0.4, 0.5) is 5.69 Å². The fourth-order valence-electron chi connectivity index (χ4n) is 1.59. The SMILES string of the molecule is C[C@H](NC(=O)c1ccccc1N)c1cccs1. The Morgan fingerprint density at radius 3 is 2.71 bits per heavy atom. The largest absolute Gasteiger partial charge is 0.398 e. The summed E-state index contributed by atoms with van der Waals surface area (Å²) in [6.07, 6.45) is 0. The van der Waals surface area contributed by atoms with Crippen LogP contribution in [0.25, 0.3) is 0 Å². The third-order valence-electron chi connectivity index (χ3n) is 2.52. The first kappa shape index (κ1) is 11.7. The number of para-hydroxylation sites is 1. The van der Waals surface area contributed by atoms with Gasteiger partial charge in [0.1, 0.15) is 0 Å². The van der Waals surface area contributed by atoms with E-state index < -0.39 is 0 Å². The van der Waals surface area contributed by atoms with Gasteiger partial charge >= 0.3 is 0 Å². The molecule has 4 heteroatoms. The molecule has 1 aromatic carbocycles.